The Labute approximate surface area is 214 Å². The summed E-state index contributed by atoms with van der Waals surface area (Å²) in [5, 5.41) is 0. The van der Waals surface area contributed by atoms with E-state index >= 15 is 0 Å². The lowest BCUT2D eigenvalue weighted by molar-refractivity contribution is -0.142. The smallest absolute Gasteiger partial charge is 0.322 e. The van der Waals surface area contributed by atoms with E-state index in [1.807, 2.05) is 0 Å². The Bertz CT molecular complexity index is 388. The van der Waals surface area contributed by atoms with Gasteiger partial charge in [0.15, 0.2) is 0 Å². The number of unbranched alkanes of at least 4 members (excludes halogenated alkanes) is 18. The van der Waals surface area contributed by atoms with Crippen LogP contribution in [0.2, 0.25) is 0 Å². The first-order valence-electron chi connectivity index (χ1n) is 15.5. The van der Waals surface area contributed by atoms with Crippen LogP contribution in [0, 0.1) is 5.92 Å². The molecule has 0 saturated heterocycles. The number of carbonyl (C=O) groups is 1. The number of ether oxygens (including phenoxy) is 1. The molecule has 1 atom stereocenters. The zero-order valence-electron chi connectivity index (χ0n) is 23.7. The van der Waals surface area contributed by atoms with Crippen molar-refractivity contribution in [1.29, 1.82) is 0 Å². The molecule has 0 spiro atoms. The van der Waals surface area contributed by atoms with Crippen molar-refractivity contribution < 1.29 is 9.53 Å². The maximum atomic E-state index is 11.6. The van der Waals surface area contributed by atoms with E-state index in [0.717, 1.165) is 18.8 Å². The van der Waals surface area contributed by atoms with Crippen LogP contribution < -0.4 is 5.73 Å². The van der Waals surface area contributed by atoms with Gasteiger partial charge in [-0.05, 0) is 12.3 Å². The first kappa shape index (κ1) is 33.4. The van der Waals surface area contributed by atoms with Gasteiger partial charge in [0.05, 0.1) is 7.11 Å². The Morgan fingerprint density at radius 1 is 0.529 bits per heavy atom. The molecule has 0 fully saturated rings. The van der Waals surface area contributed by atoms with Gasteiger partial charge in [0.2, 0.25) is 0 Å². The number of esters is 1. The summed E-state index contributed by atoms with van der Waals surface area (Å²) in [5.41, 5.74) is 5.95. The molecule has 0 bridgehead atoms. The van der Waals surface area contributed by atoms with Gasteiger partial charge in [-0.3, -0.25) is 4.79 Å². The normalized spacial score (nSPS) is 12.4. The molecule has 0 aliphatic rings. The molecule has 0 aromatic rings. The fourth-order valence-corrected chi connectivity index (χ4v) is 5.17. The van der Waals surface area contributed by atoms with Crippen molar-refractivity contribution >= 4 is 5.97 Å². The molecule has 0 aliphatic heterocycles. The Hall–Kier alpha value is -0.570. The summed E-state index contributed by atoms with van der Waals surface area (Å²) < 4.78 is 4.78. The third-order valence-corrected chi connectivity index (χ3v) is 7.56. The summed E-state index contributed by atoms with van der Waals surface area (Å²) >= 11 is 0. The van der Waals surface area contributed by atoms with E-state index in [1.54, 1.807) is 0 Å². The highest BCUT2D eigenvalue weighted by Gasteiger charge is 2.15. The fourth-order valence-electron chi connectivity index (χ4n) is 5.17. The van der Waals surface area contributed by atoms with Crippen LogP contribution in [0.25, 0.3) is 0 Å². The minimum atomic E-state index is -0.444. The lowest BCUT2D eigenvalue weighted by Gasteiger charge is -2.18. The SMILES string of the molecule is CCCCCCCCCCCCC(CCCCCCCCCCCC)CCCC(N)C(=O)OC. The number of hydrogen-bond acceptors (Lipinski definition) is 3. The van der Waals surface area contributed by atoms with Crippen LogP contribution in [0.3, 0.4) is 0 Å². The lowest BCUT2D eigenvalue weighted by Crippen LogP contribution is -2.31. The molecular weight excluding hydrogens is 418 g/mol. The zero-order valence-corrected chi connectivity index (χ0v) is 23.7. The van der Waals surface area contributed by atoms with Crippen LogP contribution in [0.4, 0.5) is 0 Å². The second kappa shape index (κ2) is 27.0. The van der Waals surface area contributed by atoms with E-state index in [-0.39, 0.29) is 5.97 Å². The summed E-state index contributed by atoms with van der Waals surface area (Å²) in [6.45, 7) is 4.58. The third-order valence-electron chi connectivity index (χ3n) is 7.56. The molecular formula is C31H63NO2. The summed E-state index contributed by atoms with van der Waals surface area (Å²) in [6, 6.07) is -0.444. The summed E-state index contributed by atoms with van der Waals surface area (Å²) in [4.78, 5) is 11.6. The predicted octanol–water partition coefficient (Wildman–Crippen LogP) is 9.90. The van der Waals surface area contributed by atoms with Gasteiger partial charge in [0.1, 0.15) is 6.04 Å². The van der Waals surface area contributed by atoms with Crippen LogP contribution in [0.15, 0.2) is 0 Å². The topological polar surface area (TPSA) is 52.3 Å². The Morgan fingerprint density at radius 2 is 0.853 bits per heavy atom. The van der Waals surface area contributed by atoms with Gasteiger partial charge in [0.25, 0.3) is 0 Å². The standard InChI is InChI=1S/C31H63NO2/c1-4-6-8-10-12-14-16-18-20-22-25-29(27-24-28-30(32)31(33)34-3)26-23-21-19-17-15-13-11-9-7-5-2/h29-30H,4-28,32H2,1-3H3. The average molecular weight is 482 g/mol. The molecule has 0 aromatic heterocycles. The molecule has 1 unspecified atom stereocenters. The third kappa shape index (κ3) is 23.2. The minimum Gasteiger partial charge on any atom is -0.468 e. The molecule has 0 saturated carbocycles. The first-order chi connectivity index (χ1) is 16.7. The van der Waals surface area contributed by atoms with E-state index in [2.05, 4.69) is 13.8 Å². The van der Waals surface area contributed by atoms with Crippen molar-refractivity contribution in [3.63, 3.8) is 0 Å². The molecule has 0 rings (SSSR count). The minimum absolute atomic E-state index is 0.263. The van der Waals surface area contributed by atoms with Crippen molar-refractivity contribution in [1.82, 2.24) is 0 Å². The van der Waals surface area contributed by atoms with E-state index in [9.17, 15) is 4.79 Å². The first-order valence-corrected chi connectivity index (χ1v) is 15.5. The second-order valence-electron chi connectivity index (χ2n) is 10.9. The van der Waals surface area contributed by atoms with Crippen LogP contribution in [-0.2, 0) is 9.53 Å². The van der Waals surface area contributed by atoms with Crippen LogP contribution in [0.1, 0.15) is 174 Å². The van der Waals surface area contributed by atoms with Crippen molar-refractivity contribution in [3.8, 4) is 0 Å². The number of carbonyl (C=O) groups excluding carboxylic acids is 1. The van der Waals surface area contributed by atoms with Crippen LogP contribution in [0.5, 0.6) is 0 Å². The number of rotatable bonds is 27. The molecule has 0 amide bonds. The molecule has 0 radical (unpaired) electrons. The molecule has 0 aromatic carbocycles. The van der Waals surface area contributed by atoms with Crippen LogP contribution >= 0.6 is 0 Å². The molecule has 0 aliphatic carbocycles. The van der Waals surface area contributed by atoms with E-state index < -0.39 is 6.04 Å². The zero-order chi connectivity index (χ0) is 25.1. The molecule has 3 heteroatoms. The number of nitrogens with two attached hydrogens (primary N) is 1. The molecule has 3 nitrogen and oxygen atoms in total. The fraction of sp³-hybridized carbons (Fsp3) is 0.968. The van der Waals surface area contributed by atoms with E-state index in [0.29, 0.717) is 0 Å². The highest BCUT2D eigenvalue weighted by atomic mass is 16.5. The monoisotopic (exact) mass is 481 g/mol. The molecule has 34 heavy (non-hydrogen) atoms. The predicted molar refractivity (Wildman–Crippen MR) is 150 cm³/mol. The Balaban J connectivity index is 3.96. The highest BCUT2D eigenvalue weighted by molar-refractivity contribution is 5.75. The highest BCUT2D eigenvalue weighted by Crippen LogP contribution is 2.24. The maximum Gasteiger partial charge on any atom is 0.322 e. The molecule has 204 valence electrons. The van der Waals surface area contributed by atoms with Gasteiger partial charge in [-0.2, -0.15) is 0 Å². The van der Waals surface area contributed by atoms with Gasteiger partial charge >= 0.3 is 5.97 Å². The Morgan fingerprint density at radius 3 is 1.21 bits per heavy atom. The van der Waals surface area contributed by atoms with Crippen molar-refractivity contribution in [2.45, 2.75) is 180 Å². The van der Waals surface area contributed by atoms with Crippen molar-refractivity contribution in [2.75, 3.05) is 7.11 Å². The lowest BCUT2D eigenvalue weighted by atomic mass is 9.89. The van der Waals surface area contributed by atoms with E-state index in [1.165, 1.54) is 155 Å². The maximum absolute atomic E-state index is 11.6. The van der Waals surface area contributed by atoms with Gasteiger partial charge in [-0.15, -0.1) is 0 Å². The van der Waals surface area contributed by atoms with Crippen molar-refractivity contribution in [3.05, 3.63) is 0 Å². The molecule has 2 N–H and O–H groups in total. The number of hydrogen-bond donors (Lipinski definition) is 1. The summed E-state index contributed by atoms with van der Waals surface area (Å²) in [7, 11) is 1.43. The quantitative estimate of drug-likeness (QED) is 0.0937. The summed E-state index contributed by atoms with van der Waals surface area (Å²) in [6.07, 6.45) is 33.9. The average Bonchev–Trinajstić information content (AvgIpc) is 2.85. The Kier molecular flexibility index (Phi) is 26.6. The van der Waals surface area contributed by atoms with Gasteiger partial charge in [0, 0.05) is 0 Å². The second-order valence-corrected chi connectivity index (χ2v) is 10.9. The van der Waals surface area contributed by atoms with Gasteiger partial charge < -0.3 is 10.5 Å². The van der Waals surface area contributed by atoms with Crippen LogP contribution in [-0.4, -0.2) is 19.1 Å². The number of methoxy groups -OCH3 is 1. The van der Waals surface area contributed by atoms with E-state index in [4.69, 9.17) is 10.5 Å². The van der Waals surface area contributed by atoms with Gasteiger partial charge in [-0.25, -0.2) is 0 Å². The molecule has 0 heterocycles. The summed E-state index contributed by atoms with van der Waals surface area (Å²) in [5.74, 6) is 0.550. The van der Waals surface area contributed by atoms with Gasteiger partial charge in [-0.1, -0.05) is 168 Å². The largest absolute Gasteiger partial charge is 0.468 e. The van der Waals surface area contributed by atoms with Crippen molar-refractivity contribution in [2.24, 2.45) is 11.7 Å².